The number of piperidine rings is 1. The number of aromatic nitrogens is 6. The summed E-state index contributed by atoms with van der Waals surface area (Å²) in [6.45, 7) is 5.03. The largest absolute Gasteiger partial charge is 0.312 e. The molecule has 3 aromatic carbocycles. The molecule has 0 unspecified atom stereocenters. The van der Waals surface area contributed by atoms with Crippen LogP contribution in [-0.2, 0) is 11.2 Å². The zero-order valence-corrected chi connectivity index (χ0v) is 20.4. The predicted octanol–water partition coefficient (Wildman–Crippen LogP) is 5.26. The van der Waals surface area contributed by atoms with Gasteiger partial charge in [-0.3, -0.25) is 9.36 Å². The monoisotopic (exact) mass is 477 g/mol. The maximum atomic E-state index is 12.6. The van der Waals surface area contributed by atoms with Gasteiger partial charge in [-0.1, -0.05) is 43.3 Å². The zero-order valence-electron chi connectivity index (χ0n) is 20.4. The van der Waals surface area contributed by atoms with Gasteiger partial charge in [0.05, 0.1) is 16.7 Å². The van der Waals surface area contributed by atoms with Crippen LogP contribution in [0.2, 0.25) is 0 Å². The fourth-order valence-electron chi connectivity index (χ4n) is 5.21. The van der Waals surface area contributed by atoms with E-state index in [0.29, 0.717) is 12.2 Å². The number of carbonyl (C=O) groups excluding carboxylic acids is 1. The number of hydrogen-bond acceptors (Lipinski definition) is 5. The molecule has 0 aliphatic carbocycles. The Morgan fingerprint density at radius 1 is 0.972 bits per heavy atom. The van der Waals surface area contributed by atoms with Gasteiger partial charge in [0, 0.05) is 30.6 Å². The molecule has 5 aromatic rings. The van der Waals surface area contributed by atoms with Crippen LogP contribution in [0.4, 0.5) is 5.69 Å². The van der Waals surface area contributed by atoms with Gasteiger partial charge in [-0.15, -0.1) is 10.2 Å². The molecule has 36 heavy (non-hydrogen) atoms. The molecule has 0 bridgehead atoms. The molecule has 8 heteroatoms. The number of imidazole rings is 1. The smallest absolute Gasteiger partial charge is 0.226 e. The van der Waals surface area contributed by atoms with Crippen LogP contribution in [0.15, 0.2) is 60.7 Å². The maximum absolute atomic E-state index is 12.6. The number of hydrogen-bond donors (Lipinski definition) is 1. The first-order valence-electron chi connectivity index (χ1n) is 12.4. The minimum Gasteiger partial charge on any atom is -0.312 e. The van der Waals surface area contributed by atoms with Gasteiger partial charge >= 0.3 is 0 Å². The molecule has 0 atom stereocenters. The molecule has 1 aliphatic heterocycles. The van der Waals surface area contributed by atoms with E-state index in [1.54, 1.807) is 0 Å². The second kappa shape index (κ2) is 9.03. The molecule has 6 rings (SSSR count). The number of amides is 1. The zero-order chi connectivity index (χ0) is 24.6. The summed E-state index contributed by atoms with van der Waals surface area (Å²) in [5.41, 5.74) is 8.13. The third-order valence-electron chi connectivity index (χ3n) is 7.01. The van der Waals surface area contributed by atoms with Gasteiger partial charge in [0.15, 0.2) is 0 Å². The van der Waals surface area contributed by atoms with Gasteiger partial charge in [0.2, 0.25) is 11.7 Å². The van der Waals surface area contributed by atoms with Crippen LogP contribution < -0.4 is 4.90 Å². The van der Waals surface area contributed by atoms with Gasteiger partial charge in [0.1, 0.15) is 5.82 Å². The highest BCUT2D eigenvalue weighted by Gasteiger charge is 2.22. The van der Waals surface area contributed by atoms with Crippen LogP contribution in [-0.4, -0.2) is 42.6 Å². The lowest BCUT2D eigenvalue weighted by Crippen LogP contribution is -2.35. The quantitative estimate of drug-likeness (QED) is 0.373. The molecule has 1 aliphatic rings. The van der Waals surface area contributed by atoms with Gasteiger partial charge in [-0.05, 0) is 65.9 Å². The van der Waals surface area contributed by atoms with Crippen molar-refractivity contribution in [2.45, 2.75) is 39.5 Å². The number of rotatable bonds is 5. The Bertz CT molecular complexity index is 1570. The number of nitrogens with one attached hydrogen (secondary N) is 1. The van der Waals surface area contributed by atoms with Crippen molar-refractivity contribution < 1.29 is 4.79 Å². The molecule has 0 saturated carbocycles. The van der Waals surface area contributed by atoms with Crippen molar-refractivity contribution in [3.05, 3.63) is 72.1 Å². The molecular weight excluding hydrogens is 450 g/mol. The summed E-state index contributed by atoms with van der Waals surface area (Å²) in [4.78, 5) is 19.5. The number of nitrogens with zero attached hydrogens (tertiary/aromatic N) is 6. The fourth-order valence-corrected chi connectivity index (χ4v) is 5.21. The van der Waals surface area contributed by atoms with Crippen LogP contribution in [0.5, 0.6) is 0 Å². The standard InChI is InChI=1S/C28H27N7O/c1-3-26-29-23-15-14-19(34-16-7-6-13-27(34)36)17-25(23)35(26)24-12-8-11-20(18(24)2)21-9-4-5-10-22(21)28-30-32-33-31-28/h4-5,8-12,14-15,17H,3,6-7,13,16H2,1-2H3,(H,30,31,32,33). The van der Waals surface area contributed by atoms with Crippen molar-refractivity contribution in [2.75, 3.05) is 11.4 Å². The van der Waals surface area contributed by atoms with Crippen molar-refractivity contribution >= 4 is 22.6 Å². The summed E-state index contributed by atoms with van der Waals surface area (Å²) in [6, 6.07) is 20.6. The molecule has 1 N–H and O–H groups in total. The molecule has 1 fully saturated rings. The number of aromatic amines is 1. The molecule has 1 amide bonds. The van der Waals surface area contributed by atoms with Gasteiger partial charge in [-0.2, -0.15) is 5.21 Å². The summed E-state index contributed by atoms with van der Waals surface area (Å²) >= 11 is 0. The highest BCUT2D eigenvalue weighted by Crippen LogP contribution is 2.36. The van der Waals surface area contributed by atoms with E-state index in [4.69, 9.17) is 4.98 Å². The number of benzene rings is 3. The molecule has 0 radical (unpaired) electrons. The van der Waals surface area contributed by atoms with Crippen molar-refractivity contribution in [2.24, 2.45) is 0 Å². The van der Waals surface area contributed by atoms with E-state index < -0.39 is 0 Å². The lowest BCUT2D eigenvalue weighted by atomic mass is 9.94. The summed E-state index contributed by atoms with van der Waals surface area (Å²) in [5, 5.41) is 14.7. The Labute approximate surface area is 209 Å². The van der Waals surface area contributed by atoms with Crippen molar-refractivity contribution in [1.29, 1.82) is 0 Å². The van der Waals surface area contributed by atoms with Crippen LogP contribution in [0.25, 0.3) is 39.2 Å². The minimum absolute atomic E-state index is 0.193. The highest BCUT2D eigenvalue weighted by atomic mass is 16.2. The van der Waals surface area contributed by atoms with E-state index in [-0.39, 0.29) is 5.91 Å². The number of fused-ring (bicyclic) bond motifs is 1. The van der Waals surface area contributed by atoms with Crippen molar-refractivity contribution in [3.8, 4) is 28.2 Å². The summed E-state index contributed by atoms with van der Waals surface area (Å²) in [6.07, 6.45) is 3.39. The van der Waals surface area contributed by atoms with E-state index >= 15 is 0 Å². The Hall–Kier alpha value is -4.33. The third-order valence-corrected chi connectivity index (χ3v) is 7.01. The number of carbonyl (C=O) groups is 1. The fraction of sp³-hybridized carbons (Fsp3) is 0.250. The highest BCUT2D eigenvalue weighted by molar-refractivity contribution is 5.96. The topological polar surface area (TPSA) is 92.6 Å². The molecule has 180 valence electrons. The van der Waals surface area contributed by atoms with Crippen LogP contribution in [0.3, 0.4) is 0 Å². The number of H-pyrrole nitrogens is 1. The van der Waals surface area contributed by atoms with E-state index in [1.165, 1.54) is 0 Å². The third kappa shape index (κ3) is 3.66. The van der Waals surface area contributed by atoms with Crippen molar-refractivity contribution in [1.82, 2.24) is 30.2 Å². The average molecular weight is 478 g/mol. The van der Waals surface area contributed by atoms with Gasteiger partial charge < -0.3 is 4.90 Å². The Morgan fingerprint density at radius 2 is 1.81 bits per heavy atom. The molecule has 0 spiro atoms. The lowest BCUT2D eigenvalue weighted by molar-refractivity contribution is -0.119. The van der Waals surface area contributed by atoms with E-state index in [9.17, 15) is 4.79 Å². The first-order chi connectivity index (χ1) is 17.7. The summed E-state index contributed by atoms with van der Waals surface area (Å²) in [5.74, 6) is 1.74. The van der Waals surface area contributed by atoms with Crippen LogP contribution in [0.1, 0.15) is 37.6 Å². The normalized spacial score (nSPS) is 14.1. The SMILES string of the molecule is CCc1nc2ccc(N3CCCCC3=O)cc2n1-c1cccc(-c2ccccc2-c2nn[nH]n2)c1C. The minimum atomic E-state index is 0.193. The van der Waals surface area contributed by atoms with Crippen LogP contribution >= 0.6 is 0 Å². The van der Waals surface area contributed by atoms with Crippen LogP contribution in [0, 0.1) is 6.92 Å². The number of tetrazole rings is 1. The summed E-state index contributed by atoms with van der Waals surface area (Å²) in [7, 11) is 0. The predicted molar refractivity (Wildman–Crippen MR) is 140 cm³/mol. The van der Waals surface area contributed by atoms with E-state index in [1.807, 2.05) is 35.2 Å². The molecular formula is C28H27N7O. The average Bonchev–Trinajstić information content (AvgIpc) is 3.57. The Morgan fingerprint density at radius 3 is 2.58 bits per heavy atom. The Balaban J connectivity index is 1.53. The number of anilines is 1. The van der Waals surface area contributed by atoms with E-state index in [2.05, 4.69) is 69.4 Å². The van der Waals surface area contributed by atoms with Crippen molar-refractivity contribution in [3.63, 3.8) is 0 Å². The first kappa shape index (κ1) is 22.2. The second-order valence-corrected chi connectivity index (χ2v) is 9.12. The molecule has 8 nitrogen and oxygen atoms in total. The second-order valence-electron chi connectivity index (χ2n) is 9.12. The first-order valence-corrected chi connectivity index (χ1v) is 12.4. The maximum Gasteiger partial charge on any atom is 0.226 e. The summed E-state index contributed by atoms with van der Waals surface area (Å²) < 4.78 is 2.24. The molecule has 3 heterocycles. The number of aryl methyl sites for hydroxylation is 1. The lowest BCUT2D eigenvalue weighted by Gasteiger charge is -2.27. The Kier molecular flexibility index (Phi) is 5.56. The molecule has 1 saturated heterocycles. The molecule has 2 aromatic heterocycles. The van der Waals surface area contributed by atoms with Gasteiger partial charge in [-0.25, -0.2) is 4.98 Å². The van der Waals surface area contributed by atoms with E-state index in [0.717, 1.165) is 76.3 Å². The van der Waals surface area contributed by atoms with Gasteiger partial charge in [0.25, 0.3) is 0 Å².